The Hall–Kier alpha value is -0.880. The van der Waals surface area contributed by atoms with Crippen LogP contribution in [0.4, 0.5) is 13.2 Å². The molecule has 0 saturated carbocycles. The SMILES string of the molecule is CC(CN)CS(=O)Cc1cccc(C(F)(F)F)c1. The van der Waals surface area contributed by atoms with Gasteiger partial charge in [0, 0.05) is 22.3 Å². The van der Waals surface area contributed by atoms with Crippen LogP contribution >= 0.6 is 0 Å². The Kier molecular flexibility index (Phi) is 5.34. The molecule has 102 valence electrons. The zero-order valence-electron chi connectivity index (χ0n) is 10.0. The Morgan fingerprint density at radius 2 is 2.06 bits per heavy atom. The maximum absolute atomic E-state index is 12.5. The molecule has 0 fully saturated rings. The number of nitrogens with two attached hydrogens (primary N) is 1. The van der Waals surface area contributed by atoms with E-state index in [2.05, 4.69) is 0 Å². The lowest BCUT2D eigenvalue weighted by atomic mass is 10.1. The van der Waals surface area contributed by atoms with Crippen LogP contribution in [0.3, 0.4) is 0 Å². The quantitative estimate of drug-likeness (QED) is 0.900. The third-order valence-electron chi connectivity index (χ3n) is 2.45. The fraction of sp³-hybridized carbons (Fsp3) is 0.500. The minimum absolute atomic E-state index is 0.108. The molecule has 1 aromatic carbocycles. The van der Waals surface area contributed by atoms with Crippen LogP contribution in [0.15, 0.2) is 24.3 Å². The summed E-state index contributed by atoms with van der Waals surface area (Å²) in [5, 5.41) is 0. The van der Waals surface area contributed by atoms with Gasteiger partial charge < -0.3 is 5.73 Å². The van der Waals surface area contributed by atoms with E-state index in [0.29, 0.717) is 17.9 Å². The van der Waals surface area contributed by atoms with Gasteiger partial charge in [-0.2, -0.15) is 13.2 Å². The van der Waals surface area contributed by atoms with Crippen LogP contribution in [0.5, 0.6) is 0 Å². The maximum atomic E-state index is 12.5. The van der Waals surface area contributed by atoms with Gasteiger partial charge in [-0.05, 0) is 24.1 Å². The molecule has 0 amide bonds. The molecule has 0 aliphatic rings. The van der Waals surface area contributed by atoms with Crippen LogP contribution in [0.1, 0.15) is 18.1 Å². The van der Waals surface area contributed by atoms with Crippen molar-refractivity contribution in [1.82, 2.24) is 0 Å². The largest absolute Gasteiger partial charge is 0.416 e. The number of benzene rings is 1. The topological polar surface area (TPSA) is 43.1 Å². The highest BCUT2D eigenvalue weighted by Gasteiger charge is 2.30. The molecular weight excluding hydrogens is 263 g/mol. The Bertz CT molecular complexity index is 420. The number of hydrogen-bond donors (Lipinski definition) is 1. The Morgan fingerprint density at radius 3 is 2.61 bits per heavy atom. The minimum atomic E-state index is -4.36. The van der Waals surface area contributed by atoms with Gasteiger partial charge in [0.2, 0.25) is 0 Å². The van der Waals surface area contributed by atoms with Gasteiger partial charge in [-0.25, -0.2) is 0 Å². The predicted octanol–water partition coefficient (Wildman–Crippen LogP) is 2.55. The van der Waals surface area contributed by atoms with Crippen LogP contribution in [-0.2, 0) is 22.7 Å². The summed E-state index contributed by atoms with van der Waals surface area (Å²) in [6.07, 6.45) is -4.36. The molecule has 0 aliphatic carbocycles. The van der Waals surface area contributed by atoms with E-state index in [4.69, 9.17) is 5.73 Å². The van der Waals surface area contributed by atoms with Gasteiger partial charge in [-0.15, -0.1) is 0 Å². The van der Waals surface area contributed by atoms with Crippen molar-refractivity contribution in [2.75, 3.05) is 12.3 Å². The van der Waals surface area contributed by atoms with Gasteiger partial charge in [0.1, 0.15) is 0 Å². The average molecular weight is 279 g/mol. The zero-order chi connectivity index (χ0) is 13.8. The van der Waals surface area contributed by atoms with Crippen LogP contribution < -0.4 is 5.73 Å². The Labute approximate surface area is 107 Å². The lowest BCUT2D eigenvalue weighted by Gasteiger charge is -2.10. The predicted molar refractivity (Wildman–Crippen MR) is 66.4 cm³/mol. The normalized spacial score (nSPS) is 15.4. The molecule has 18 heavy (non-hydrogen) atoms. The summed E-state index contributed by atoms with van der Waals surface area (Å²) in [5.74, 6) is 0.651. The Balaban J connectivity index is 2.71. The van der Waals surface area contributed by atoms with E-state index in [1.165, 1.54) is 6.07 Å². The molecular formula is C12H16F3NOS. The van der Waals surface area contributed by atoms with E-state index in [-0.39, 0.29) is 11.7 Å². The Morgan fingerprint density at radius 1 is 1.39 bits per heavy atom. The van der Waals surface area contributed by atoms with Gasteiger partial charge >= 0.3 is 6.18 Å². The molecule has 1 rings (SSSR count). The molecule has 2 N–H and O–H groups in total. The first-order valence-electron chi connectivity index (χ1n) is 5.54. The van der Waals surface area contributed by atoms with Crippen LogP contribution in [0, 0.1) is 5.92 Å². The van der Waals surface area contributed by atoms with E-state index >= 15 is 0 Å². The molecule has 1 aromatic rings. The van der Waals surface area contributed by atoms with Crippen molar-refractivity contribution in [2.45, 2.75) is 18.9 Å². The first-order valence-corrected chi connectivity index (χ1v) is 7.03. The summed E-state index contributed by atoms with van der Waals surface area (Å²) in [6, 6.07) is 4.95. The van der Waals surface area contributed by atoms with Crippen LogP contribution in [0.25, 0.3) is 0 Å². The van der Waals surface area contributed by atoms with Crippen molar-refractivity contribution in [3.05, 3.63) is 35.4 Å². The molecule has 0 heterocycles. The summed E-state index contributed by atoms with van der Waals surface area (Å²) in [7, 11) is -1.18. The van der Waals surface area contributed by atoms with E-state index in [1.807, 2.05) is 6.92 Å². The molecule has 0 bridgehead atoms. The summed E-state index contributed by atoms with van der Waals surface area (Å²) < 4.78 is 49.1. The van der Waals surface area contributed by atoms with Crippen LogP contribution in [0.2, 0.25) is 0 Å². The third-order valence-corrected chi connectivity index (χ3v) is 4.05. The fourth-order valence-corrected chi connectivity index (χ4v) is 2.91. The zero-order valence-corrected chi connectivity index (χ0v) is 10.9. The van der Waals surface area contributed by atoms with Crippen molar-refractivity contribution in [2.24, 2.45) is 11.7 Å². The van der Waals surface area contributed by atoms with Crippen molar-refractivity contribution >= 4 is 10.8 Å². The standard InChI is InChI=1S/C12H16F3NOS/c1-9(6-16)7-18(17)8-10-3-2-4-11(5-10)12(13,14)15/h2-5,9H,6-8,16H2,1H3. The van der Waals surface area contributed by atoms with Gasteiger partial charge in [0.15, 0.2) is 0 Å². The van der Waals surface area contributed by atoms with Crippen molar-refractivity contribution < 1.29 is 17.4 Å². The molecule has 0 aliphatic heterocycles. The fourth-order valence-electron chi connectivity index (χ4n) is 1.47. The average Bonchev–Trinajstić information content (AvgIpc) is 2.27. The smallest absolute Gasteiger partial charge is 0.330 e. The number of halogens is 3. The van der Waals surface area contributed by atoms with E-state index in [0.717, 1.165) is 12.1 Å². The van der Waals surface area contributed by atoms with E-state index in [1.54, 1.807) is 6.07 Å². The molecule has 2 unspecified atom stereocenters. The molecule has 0 saturated heterocycles. The van der Waals surface area contributed by atoms with Crippen LogP contribution in [-0.4, -0.2) is 16.5 Å². The summed E-state index contributed by atoms with van der Waals surface area (Å²) in [6.45, 7) is 2.29. The highest BCUT2D eigenvalue weighted by molar-refractivity contribution is 7.84. The summed E-state index contributed by atoms with van der Waals surface area (Å²) in [5.41, 5.74) is 5.14. The summed E-state index contributed by atoms with van der Waals surface area (Å²) in [4.78, 5) is 0. The van der Waals surface area contributed by atoms with Crippen molar-refractivity contribution in [1.29, 1.82) is 0 Å². The van der Waals surface area contributed by atoms with Gasteiger partial charge in [-0.3, -0.25) is 4.21 Å². The first-order chi connectivity index (χ1) is 8.32. The lowest BCUT2D eigenvalue weighted by Crippen LogP contribution is -2.18. The molecule has 2 atom stereocenters. The highest BCUT2D eigenvalue weighted by Crippen LogP contribution is 2.29. The maximum Gasteiger partial charge on any atom is 0.416 e. The van der Waals surface area contributed by atoms with Crippen molar-refractivity contribution in [3.63, 3.8) is 0 Å². The molecule has 0 spiro atoms. The number of alkyl halides is 3. The second-order valence-corrected chi connectivity index (χ2v) is 5.79. The molecule has 6 heteroatoms. The first kappa shape index (κ1) is 15.2. The number of rotatable bonds is 5. The lowest BCUT2D eigenvalue weighted by molar-refractivity contribution is -0.137. The molecule has 2 nitrogen and oxygen atoms in total. The molecule has 0 aromatic heterocycles. The highest BCUT2D eigenvalue weighted by atomic mass is 32.2. The van der Waals surface area contributed by atoms with E-state index < -0.39 is 22.5 Å². The van der Waals surface area contributed by atoms with Gasteiger partial charge in [0.05, 0.1) is 5.56 Å². The van der Waals surface area contributed by atoms with E-state index in [9.17, 15) is 17.4 Å². The number of hydrogen-bond acceptors (Lipinski definition) is 2. The molecule has 0 radical (unpaired) electrons. The van der Waals surface area contributed by atoms with Crippen molar-refractivity contribution in [3.8, 4) is 0 Å². The monoisotopic (exact) mass is 279 g/mol. The second-order valence-electron chi connectivity index (χ2n) is 4.29. The summed E-state index contributed by atoms with van der Waals surface area (Å²) >= 11 is 0. The van der Waals surface area contributed by atoms with Gasteiger partial charge in [0.25, 0.3) is 0 Å². The third kappa shape index (κ3) is 4.78. The van der Waals surface area contributed by atoms with Gasteiger partial charge in [-0.1, -0.05) is 25.1 Å². The minimum Gasteiger partial charge on any atom is -0.330 e. The second kappa shape index (κ2) is 6.33.